The summed E-state index contributed by atoms with van der Waals surface area (Å²) >= 11 is 5.98. The molecule has 104 valence electrons. The van der Waals surface area contributed by atoms with Crippen molar-refractivity contribution in [3.05, 3.63) is 46.8 Å². The number of aromatic nitrogens is 2. The lowest BCUT2D eigenvalue weighted by atomic mass is 10.1. The fourth-order valence-electron chi connectivity index (χ4n) is 1.76. The third-order valence-corrected chi connectivity index (χ3v) is 3.06. The first-order valence-electron chi connectivity index (χ1n) is 5.98. The van der Waals surface area contributed by atoms with Crippen molar-refractivity contribution in [3.63, 3.8) is 0 Å². The summed E-state index contributed by atoms with van der Waals surface area (Å²) in [4.78, 5) is 12.0. The first-order chi connectivity index (χ1) is 9.52. The molecule has 1 heterocycles. The molecule has 2 aromatic rings. The van der Waals surface area contributed by atoms with E-state index in [4.69, 9.17) is 11.6 Å². The van der Waals surface area contributed by atoms with Gasteiger partial charge in [0.15, 0.2) is 5.78 Å². The Kier molecular flexibility index (Phi) is 4.10. The molecule has 0 aliphatic heterocycles. The number of benzene rings is 1. The highest BCUT2D eigenvalue weighted by Gasteiger charge is 2.10. The summed E-state index contributed by atoms with van der Waals surface area (Å²) in [7, 11) is 0. The third-order valence-electron chi connectivity index (χ3n) is 2.77. The number of carbonyl (C=O) groups excluding carboxylic acids is 1. The molecule has 0 aliphatic rings. The van der Waals surface area contributed by atoms with E-state index in [1.54, 1.807) is 10.8 Å². The minimum absolute atomic E-state index is 0.102. The van der Waals surface area contributed by atoms with Gasteiger partial charge in [-0.15, -0.1) is 0 Å². The zero-order chi connectivity index (χ0) is 14.7. The number of allylic oxidation sites excluding steroid dienone is 1. The van der Waals surface area contributed by atoms with Crippen molar-refractivity contribution in [3.8, 4) is 11.5 Å². The number of phenolic OH excluding ortho intramolecular Hbond substituents is 2. The van der Waals surface area contributed by atoms with Crippen LogP contribution in [-0.2, 0) is 6.54 Å². The Hall–Kier alpha value is -2.27. The van der Waals surface area contributed by atoms with Crippen LogP contribution >= 0.6 is 11.6 Å². The Morgan fingerprint density at radius 1 is 1.45 bits per heavy atom. The van der Waals surface area contributed by atoms with Gasteiger partial charge in [-0.25, -0.2) is 0 Å². The van der Waals surface area contributed by atoms with Gasteiger partial charge in [-0.05, 0) is 31.2 Å². The summed E-state index contributed by atoms with van der Waals surface area (Å²) in [5.41, 5.74) is 0.735. The molecule has 2 rings (SSSR count). The molecule has 0 amide bonds. The van der Waals surface area contributed by atoms with Crippen LogP contribution in [0.4, 0.5) is 0 Å². The van der Waals surface area contributed by atoms with E-state index in [-0.39, 0.29) is 22.8 Å². The maximum absolute atomic E-state index is 12.0. The molecular weight excluding hydrogens is 280 g/mol. The number of hydrogen-bond donors (Lipinski definition) is 2. The van der Waals surface area contributed by atoms with E-state index in [0.717, 1.165) is 6.07 Å². The Bertz CT molecular complexity index is 677. The van der Waals surface area contributed by atoms with Crippen LogP contribution in [0.5, 0.6) is 11.5 Å². The van der Waals surface area contributed by atoms with Crippen LogP contribution in [0.1, 0.15) is 23.0 Å². The Labute approximate surface area is 120 Å². The molecule has 20 heavy (non-hydrogen) atoms. The van der Waals surface area contributed by atoms with Crippen LogP contribution in [0.15, 0.2) is 30.5 Å². The molecule has 0 fully saturated rings. The largest absolute Gasteiger partial charge is 0.508 e. The standard InChI is InChI=1S/C14H13ClN2O3/c1-2-17-12(11(15)8-16-17)5-6-13(19)10-4-3-9(18)7-14(10)20/h3-8,18,20H,2H2,1H3/b6-5+. The summed E-state index contributed by atoms with van der Waals surface area (Å²) in [6.07, 6.45) is 4.36. The number of phenols is 2. The maximum atomic E-state index is 12.0. The SMILES string of the molecule is CCn1ncc(Cl)c1/C=C/C(=O)c1ccc(O)cc1O. The highest BCUT2D eigenvalue weighted by molar-refractivity contribution is 6.32. The number of hydrogen-bond acceptors (Lipinski definition) is 4. The van der Waals surface area contributed by atoms with Crippen molar-refractivity contribution in [1.82, 2.24) is 9.78 Å². The van der Waals surface area contributed by atoms with E-state index in [1.807, 2.05) is 6.92 Å². The number of ketones is 1. The minimum Gasteiger partial charge on any atom is -0.508 e. The van der Waals surface area contributed by atoms with Crippen LogP contribution in [0.25, 0.3) is 6.08 Å². The minimum atomic E-state index is -0.387. The summed E-state index contributed by atoms with van der Waals surface area (Å²) in [6.45, 7) is 2.54. The van der Waals surface area contributed by atoms with E-state index >= 15 is 0 Å². The highest BCUT2D eigenvalue weighted by Crippen LogP contribution is 2.24. The maximum Gasteiger partial charge on any atom is 0.189 e. The first kappa shape index (κ1) is 14.1. The lowest BCUT2D eigenvalue weighted by molar-refractivity contribution is 0.104. The summed E-state index contributed by atoms with van der Waals surface area (Å²) in [5.74, 6) is -0.757. The van der Waals surface area contributed by atoms with Crippen LogP contribution in [0.2, 0.25) is 5.02 Å². The molecule has 0 saturated heterocycles. The van der Waals surface area contributed by atoms with E-state index < -0.39 is 0 Å². The zero-order valence-electron chi connectivity index (χ0n) is 10.7. The van der Waals surface area contributed by atoms with Crippen molar-refractivity contribution in [2.45, 2.75) is 13.5 Å². The molecule has 0 atom stereocenters. The quantitative estimate of drug-likeness (QED) is 0.671. The van der Waals surface area contributed by atoms with Crippen LogP contribution < -0.4 is 0 Å². The van der Waals surface area contributed by atoms with Gasteiger partial charge < -0.3 is 10.2 Å². The predicted molar refractivity (Wildman–Crippen MR) is 76.0 cm³/mol. The van der Waals surface area contributed by atoms with E-state index in [2.05, 4.69) is 5.10 Å². The van der Waals surface area contributed by atoms with E-state index in [0.29, 0.717) is 17.3 Å². The highest BCUT2D eigenvalue weighted by atomic mass is 35.5. The van der Waals surface area contributed by atoms with Crippen molar-refractivity contribution in [1.29, 1.82) is 0 Å². The average molecular weight is 293 g/mol. The summed E-state index contributed by atoms with van der Waals surface area (Å²) < 4.78 is 1.66. The second kappa shape index (κ2) is 5.79. The molecule has 0 spiro atoms. The van der Waals surface area contributed by atoms with Crippen LogP contribution in [0.3, 0.4) is 0 Å². The molecule has 0 unspecified atom stereocenters. The number of halogens is 1. The molecule has 2 N–H and O–H groups in total. The molecule has 0 saturated carbocycles. The van der Waals surface area contributed by atoms with Gasteiger partial charge in [-0.1, -0.05) is 11.6 Å². The lowest BCUT2D eigenvalue weighted by Crippen LogP contribution is -2.00. The predicted octanol–water partition coefficient (Wildman–Crippen LogP) is 2.86. The second-order valence-electron chi connectivity index (χ2n) is 4.09. The van der Waals surface area contributed by atoms with Gasteiger partial charge in [-0.2, -0.15) is 5.10 Å². The van der Waals surface area contributed by atoms with Gasteiger partial charge in [0.25, 0.3) is 0 Å². The van der Waals surface area contributed by atoms with Crippen LogP contribution in [-0.4, -0.2) is 25.8 Å². The average Bonchev–Trinajstić information content (AvgIpc) is 2.76. The molecular formula is C14H13ClN2O3. The Balaban J connectivity index is 2.27. The van der Waals surface area contributed by atoms with Gasteiger partial charge in [0.2, 0.25) is 0 Å². The van der Waals surface area contributed by atoms with Crippen molar-refractivity contribution in [2.75, 3.05) is 0 Å². The lowest BCUT2D eigenvalue weighted by Gasteiger charge is -2.02. The fourth-order valence-corrected chi connectivity index (χ4v) is 1.97. The van der Waals surface area contributed by atoms with Gasteiger partial charge >= 0.3 is 0 Å². The third kappa shape index (κ3) is 2.83. The number of nitrogens with zero attached hydrogens (tertiary/aromatic N) is 2. The van der Waals surface area contributed by atoms with Crippen molar-refractivity contribution in [2.24, 2.45) is 0 Å². The van der Waals surface area contributed by atoms with Crippen molar-refractivity contribution < 1.29 is 15.0 Å². The monoisotopic (exact) mass is 292 g/mol. The van der Waals surface area contributed by atoms with Crippen molar-refractivity contribution >= 4 is 23.5 Å². The van der Waals surface area contributed by atoms with Gasteiger partial charge in [-0.3, -0.25) is 9.48 Å². The summed E-state index contributed by atoms with van der Waals surface area (Å²) in [5, 5.41) is 23.3. The number of carbonyl (C=O) groups is 1. The molecule has 0 aliphatic carbocycles. The fraction of sp³-hybridized carbons (Fsp3) is 0.143. The van der Waals surface area contributed by atoms with E-state index in [9.17, 15) is 15.0 Å². The second-order valence-corrected chi connectivity index (χ2v) is 4.50. The molecule has 1 aromatic carbocycles. The van der Waals surface area contributed by atoms with E-state index in [1.165, 1.54) is 24.4 Å². The molecule has 1 aromatic heterocycles. The molecule has 0 bridgehead atoms. The van der Waals surface area contributed by atoms with Crippen LogP contribution in [0, 0.1) is 0 Å². The first-order valence-corrected chi connectivity index (χ1v) is 6.36. The molecule has 5 nitrogen and oxygen atoms in total. The number of aromatic hydroxyl groups is 2. The molecule has 6 heteroatoms. The van der Waals surface area contributed by atoms with Gasteiger partial charge in [0.1, 0.15) is 11.5 Å². The number of rotatable bonds is 4. The van der Waals surface area contributed by atoms with Gasteiger partial charge in [0.05, 0.1) is 22.5 Å². The Morgan fingerprint density at radius 2 is 2.20 bits per heavy atom. The smallest absolute Gasteiger partial charge is 0.189 e. The van der Waals surface area contributed by atoms with Gasteiger partial charge in [0, 0.05) is 12.6 Å². The zero-order valence-corrected chi connectivity index (χ0v) is 11.5. The number of aryl methyl sites for hydroxylation is 1. The molecule has 0 radical (unpaired) electrons. The Morgan fingerprint density at radius 3 is 2.85 bits per heavy atom. The normalized spacial score (nSPS) is 11.1. The summed E-state index contributed by atoms with van der Waals surface area (Å²) in [6, 6.07) is 3.81. The topological polar surface area (TPSA) is 75.4 Å².